The summed E-state index contributed by atoms with van der Waals surface area (Å²) in [6.45, 7) is 5.71. The van der Waals surface area contributed by atoms with Crippen molar-refractivity contribution in [1.29, 1.82) is 0 Å². The van der Waals surface area contributed by atoms with E-state index in [2.05, 4.69) is 55.6 Å². The predicted molar refractivity (Wildman–Crippen MR) is 126 cm³/mol. The molecule has 4 nitrogen and oxygen atoms in total. The van der Waals surface area contributed by atoms with E-state index in [0.717, 1.165) is 36.9 Å². The Morgan fingerprint density at radius 2 is 1.74 bits per heavy atom. The number of rotatable bonds is 4. The number of fused-ring (bicyclic) bond motifs is 3. The second-order valence-corrected chi connectivity index (χ2v) is 11.4. The summed E-state index contributed by atoms with van der Waals surface area (Å²) in [5, 5.41) is 3.74. The summed E-state index contributed by atoms with van der Waals surface area (Å²) >= 11 is 0. The standard InChI is InChI=1S/C26H32N2O2S/c1-18(2)19-9-11-20(12-10-19)26-23-8-6-7-22(23)24-17-21(13-14-25(24)27-26)31(29,30)28-15-4-3-5-16-28/h6-7,9-14,17-18,22-23,26-27H,3-5,8,15-16H2,1-2H3. The van der Waals surface area contributed by atoms with Gasteiger partial charge in [0.15, 0.2) is 0 Å². The molecule has 31 heavy (non-hydrogen) atoms. The molecule has 0 aromatic heterocycles. The number of allylic oxidation sites excluding steroid dienone is 2. The number of hydrogen-bond acceptors (Lipinski definition) is 3. The SMILES string of the molecule is CC(C)c1ccc(C2Nc3ccc(S(=O)(=O)N4CCCCC4)cc3C3C=CCC32)cc1. The lowest BCUT2D eigenvalue weighted by Gasteiger charge is -2.38. The Bertz CT molecular complexity index is 1080. The maximum absolute atomic E-state index is 13.2. The van der Waals surface area contributed by atoms with E-state index in [1.807, 2.05) is 12.1 Å². The maximum atomic E-state index is 13.2. The zero-order valence-electron chi connectivity index (χ0n) is 18.4. The van der Waals surface area contributed by atoms with Gasteiger partial charge in [-0.2, -0.15) is 4.31 Å². The molecule has 2 aromatic carbocycles. The molecule has 2 aliphatic heterocycles. The topological polar surface area (TPSA) is 49.4 Å². The van der Waals surface area contributed by atoms with Crippen molar-refractivity contribution in [2.24, 2.45) is 5.92 Å². The van der Waals surface area contributed by atoms with Gasteiger partial charge >= 0.3 is 0 Å². The normalized spacial score (nSPS) is 25.8. The number of nitrogens with one attached hydrogen (secondary N) is 1. The van der Waals surface area contributed by atoms with Crippen LogP contribution in [0.4, 0.5) is 5.69 Å². The van der Waals surface area contributed by atoms with E-state index in [-0.39, 0.29) is 12.0 Å². The lowest BCUT2D eigenvalue weighted by atomic mass is 9.77. The van der Waals surface area contributed by atoms with Crippen molar-refractivity contribution in [2.75, 3.05) is 18.4 Å². The molecule has 1 saturated heterocycles. The van der Waals surface area contributed by atoms with Gasteiger partial charge in [-0.25, -0.2) is 8.42 Å². The van der Waals surface area contributed by atoms with Crippen molar-refractivity contribution in [3.05, 3.63) is 71.3 Å². The third-order valence-electron chi connectivity index (χ3n) is 7.25. The van der Waals surface area contributed by atoms with Gasteiger partial charge in [0.25, 0.3) is 0 Å². The molecular formula is C26H32N2O2S. The molecule has 0 radical (unpaired) electrons. The molecule has 3 aliphatic rings. The molecule has 0 spiro atoms. The molecule has 0 saturated carbocycles. The average Bonchev–Trinajstić information content (AvgIpc) is 3.29. The highest BCUT2D eigenvalue weighted by Gasteiger charge is 2.39. The van der Waals surface area contributed by atoms with E-state index < -0.39 is 10.0 Å². The molecule has 1 fully saturated rings. The number of sulfonamides is 1. The largest absolute Gasteiger partial charge is 0.378 e. The van der Waals surface area contributed by atoms with Crippen LogP contribution in [0.2, 0.25) is 0 Å². The Kier molecular flexibility index (Phi) is 5.43. The second kappa shape index (κ2) is 8.10. The quantitative estimate of drug-likeness (QED) is 0.615. The van der Waals surface area contributed by atoms with Crippen LogP contribution in [0.1, 0.15) is 74.1 Å². The zero-order chi connectivity index (χ0) is 21.6. The molecule has 0 amide bonds. The summed E-state index contributed by atoms with van der Waals surface area (Å²) in [7, 11) is -3.42. The second-order valence-electron chi connectivity index (χ2n) is 9.51. The minimum absolute atomic E-state index is 0.235. The lowest BCUT2D eigenvalue weighted by Crippen LogP contribution is -2.36. The average molecular weight is 437 g/mol. The fourth-order valence-corrected chi connectivity index (χ4v) is 6.96. The molecule has 2 aromatic rings. The Morgan fingerprint density at radius 1 is 1.00 bits per heavy atom. The molecular weight excluding hydrogens is 404 g/mol. The summed E-state index contributed by atoms with van der Waals surface area (Å²) in [5.74, 6) is 1.18. The van der Waals surface area contributed by atoms with E-state index in [4.69, 9.17) is 0 Å². The van der Waals surface area contributed by atoms with Crippen molar-refractivity contribution in [3.63, 3.8) is 0 Å². The van der Waals surface area contributed by atoms with Crippen LogP contribution < -0.4 is 5.32 Å². The van der Waals surface area contributed by atoms with E-state index in [0.29, 0.717) is 29.8 Å². The minimum Gasteiger partial charge on any atom is -0.378 e. The Morgan fingerprint density at radius 3 is 2.45 bits per heavy atom. The molecule has 2 heterocycles. The van der Waals surface area contributed by atoms with Crippen LogP contribution in [0, 0.1) is 5.92 Å². The number of anilines is 1. The number of piperidine rings is 1. The molecule has 5 rings (SSSR count). The van der Waals surface area contributed by atoms with Gasteiger partial charge < -0.3 is 5.32 Å². The van der Waals surface area contributed by atoms with Crippen LogP contribution in [-0.2, 0) is 10.0 Å². The van der Waals surface area contributed by atoms with Gasteiger partial charge in [-0.1, -0.05) is 56.7 Å². The Balaban J connectivity index is 1.48. The number of nitrogens with zero attached hydrogens (tertiary/aromatic N) is 1. The first-order valence-corrected chi connectivity index (χ1v) is 13.1. The molecule has 3 unspecified atom stereocenters. The van der Waals surface area contributed by atoms with Crippen LogP contribution in [0.15, 0.2) is 59.5 Å². The van der Waals surface area contributed by atoms with Crippen LogP contribution in [0.3, 0.4) is 0 Å². The molecule has 1 N–H and O–H groups in total. The summed E-state index contributed by atoms with van der Waals surface area (Å²) in [6.07, 6.45) is 8.57. The van der Waals surface area contributed by atoms with Crippen molar-refractivity contribution in [1.82, 2.24) is 4.31 Å². The fraction of sp³-hybridized carbons (Fsp3) is 0.462. The van der Waals surface area contributed by atoms with Gasteiger partial charge in [0.05, 0.1) is 10.9 Å². The smallest absolute Gasteiger partial charge is 0.243 e. The predicted octanol–water partition coefficient (Wildman–Crippen LogP) is 5.81. The van der Waals surface area contributed by atoms with Gasteiger partial charge in [-0.15, -0.1) is 0 Å². The van der Waals surface area contributed by atoms with E-state index in [1.54, 1.807) is 10.4 Å². The van der Waals surface area contributed by atoms with Gasteiger partial charge in [-0.05, 0) is 66.0 Å². The Hall–Kier alpha value is -2.11. The first kappa shape index (κ1) is 20.8. The molecule has 164 valence electrons. The molecule has 1 aliphatic carbocycles. The molecule has 3 atom stereocenters. The maximum Gasteiger partial charge on any atom is 0.243 e. The van der Waals surface area contributed by atoms with Crippen molar-refractivity contribution in [2.45, 2.75) is 62.3 Å². The highest BCUT2D eigenvalue weighted by Crippen LogP contribution is 2.50. The highest BCUT2D eigenvalue weighted by atomic mass is 32.2. The van der Waals surface area contributed by atoms with E-state index in [9.17, 15) is 8.42 Å². The molecule has 0 bridgehead atoms. The van der Waals surface area contributed by atoms with Gasteiger partial charge in [0.2, 0.25) is 10.0 Å². The van der Waals surface area contributed by atoms with Crippen molar-refractivity contribution in [3.8, 4) is 0 Å². The number of benzene rings is 2. The third kappa shape index (κ3) is 3.72. The summed E-state index contributed by atoms with van der Waals surface area (Å²) < 4.78 is 28.1. The fourth-order valence-electron chi connectivity index (χ4n) is 5.41. The van der Waals surface area contributed by atoms with Gasteiger partial charge in [0.1, 0.15) is 0 Å². The van der Waals surface area contributed by atoms with Gasteiger partial charge in [0, 0.05) is 24.7 Å². The summed E-state index contributed by atoms with van der Waals surface area (Å²) in [4.78, 5) is 0.439. The highest BCUT2D eigenvalue weighted by molar-refractivity contribution is 7.89. The summed E-state index contributed by atoms with van der Waals surface area (Å²) in [5.41, 5.74) is 4.84. The first-order chi connectivity index (χ1) is 14.9. The van der Waals surface area contributed by atoms with Crippen LogP contribution in [0.5, 0.6) is 0 Å². The lowest BCUT2D eigenvalue weighted by molar-refractivity contribution is 0.346. The van der Waals surface area contributed by atoms with E-state index >= 15 is 0 Å². The van der Waals surface area contributed by atoms with Gasteiger partial charge in [-0.3, -0.25) is 0 Å². The van der Waals surface area contributed by atoms with E-state index in [1.165, 1.54) is 11.1 Å². The zero-order valence-corrected chi connectivity index (χ0v) is 19.2. The monoisotopic (exact) mass is 436 g/mol. The Labute approximate surface area is 186 Å². The first-order valence-electron chi connectivity index (χ1n) is 11.6. The van der Waals surface area contributed by atoms with Crippen molar-refractivity contribution >= 4 is 15.7 Å². The summed E-state index contributed by atoms with van der Waals surface area (Å²) in [6, 6.07) is 14.9. The van der Waals surface area contributed by atoms with Crippen LogP contribution >= 0.6 is 0 Å². The van der Waals surface area contributed by atoms with Crippen LogP contribution in [-0.4, -0.2) is 25.8 Å². The number of hydrogen-bond donors (Lipinski definition) is 1. The molecule has 5 heteroatoms. The third-order valence-corrected chi connectivity index (χ3v) is 9.14. The van der Waals surface area contributed by atoms with Crippen molar-refractivity contribution < 1.29 is 8.42 Å². The minimum atomic E-state index is -3.42. The van der Waals surface area contributed by atoms with Crippen LogP contribution in [0.25, 0.3) is 0 Å².